The molecule has 0 aliphatic rings. The molecule has 0 saturated carbocycles. The second kappa shape index (κ2) is 10.8. The monoisotopic (exact) mass is 516 g/mol. The summed E-state index contributed by atoms with van der Waals surface area (Å²) in [5.74, 6) is 0. The molecule has 35 heavy (non-hydrogen) atoms. The Kier molecular flexibility index (Phi) is 8.19. The van der Waals surface area contributed by atoms with E-state index < -0.39 is 21.7 Å². The third-order valence-electron chi connectivity index (χ3n) is 4.58. The topological polar surface area (TPSA) is 109 Å². The summed E-state index contributed by atoms with van der Waals surface area (Å²) in [4.78, 5) is 17.3. The van der Waals surface area contributed by atoms with Crippen LogP contribution in [0.2, 0.25) is 0 Å². The van der Waals surface area contributed by atoms with Crippen LogP contribution in [-0.4, -0.2) is 37.7 Å². The number of aromatic nitrogens is 1. The van der Waals surface area contributed by atoms with E-state index in [1.807, 2.05) is 45.9 Å². The van der Waals surface area contributed by atoms with Gasteiger partial charge in [-0.05, 0) is 77.9 Å². The third-order valence-corrected chi connectivity index (χ3v) is 7.46. The molecule has 0 bridgehead atoms. The molecule has 1 amide bonds. The summed E-state index contributed by atoms with van der Waals surface area (Å²) < 4.78 is 34.4. The number of carbonyl (C=O) groups is 1. The highest BCUT2D eigenvalue weighted by molar-refractivity contribution is 7.89. The molecule has 3 aromatic rings. The molecule has 0 unspecified atom stereocenters. The molecule has 8 nitrogen and oxygen atoms in total. The van der Waals surface area contributed by atoms with Gasteiger partial charge in [-0.15, -0.1) is 11.3 Å². The Bertz CT molecular complexity index is 1280. The highest BCUT2D eigenvalue weighted by Crippen LogP contribution is 2.37. The van der Waals surface area contributed by atoms with E-state index >= 15 is 0 Å². The fraction of sp³-hybridized carbons (Fsp3) is 0.360. The molecule has 3 N–H and O–H groups in total. The molecule has 2 aromatic carbocycles. The summed E-state index contributed by atoms with van der Waals surface area (Å²) in [7, 11) is -3.78. The van der Waals surface area contributed by atoms with Crippen LogP contribution < -0.4 is 15.4 Å². The smallest absolute Gasteiger partial charge is 0.411 e. The standard InChI is InChI=1S/C25H32N4O4S2/c1-7-26-19-12-13-20(22(14-19)35(31,32)29-25(4,5)6)21-15-27-23(34-21)17-8-10-18(11-9-17)28-24(30)33-16(2)3/h8-16,26,29H,7H2,1-6H3,(H,28,30). The Hall–Kier alpha value is -2.95. The number of sulfonamides is 1. The van der Waals surface area contributed by atoms with Crippen LogP contribution in [0.5, 0.6) is 0 Å². The lowest BCUT2D eigenvalue weighted by Crippen LogP contribution is -2.40. The largest absolute Gasteiger partial charge is 0.447 e. The van der Waals surface area contributed by atoms with Gasteiger partial charge in [-0.2, -0.15) is 0 Å². The highest BCUT2D eigenvalue weighted by Gasteiger charge is 2.26. The van der Waals surface area contributed by atoms with Gasteiger partial charge in [-0.25, -0.2) is 22.9 Å². The van der Waals surface area contributed by atoms with Crippen LogP contribution in [0.15, 0.2) is 53.6 Å². The van der Waals surface area contributed by atoms with Crippen molar-refractivity contribution >= 4 is 38.8 Å². The van der Waals surface area contributed by atoms with Crippen molar-refractivity contribution in [2.45, 2.75) is 58.1 Å². The lowest BCUT2D eigenvalue weighted by atomic mass is 10.1. The molecule has 0 radical (unpaired) electrons. The minimum absolute atomic E-state index is 0.198. The summed E-state index contributed by atoms with van der Waals surface area (Å²) in [6, 6.07) is 12.6. The maximum atomic E-state index is 13.3. The van der Waals surface area contributed by atoms with Crippen molar-refractivity contribution in [2.24, 2.45) is 0 Å². The van der Waals surface area contributed by atoms with E-state index in [2.05, 4.69) is 20.3 Å². The van der Waals surface area contributed by atoms with E-state index in [9.17, 15) is 13.2 Å². The number of hydrogen-bond acceptors (Lipinski definition) is 7. The van der Waals surface area contributed by atoms with Crippen LogP contribution in [0.3, 0.4) is 0 Å². The van der Waals surface area contributed by atoms with Gasteiger partial charge in [0.2, 0.25) is 10.0 Å². The van der Waals surface area contributed by atoms with E-state index in [0.29, 0.717) is 17.8 Å². The molecule has 0 spiro atoms. The lowest BCUT2D eigenvalue weighted by Gasteiger charge is -2.22. The van der Waals surface area contributed by atoms with Crippen LogP contribution >= 0.6 is 11.3 Å². The minimum atomic E-state index is -3.78. The van der Waals surface area contributed by atoms with Crippen molar-refractivity contribution in [3.63, 3.8) is 0 Å². The molecule has 3 rings (SSSR count). The van der Waals surface area contributed by atoms with Crippen molar-refractivity contribution in [3.05, 3.63) is 48.7 Å². The number of nitrogens with zero attached hydrogens (tertiary/aromatic N) is 1. The molecule has 0 atom stereocenters. The van der Waals surface area contributed by atoms with Gasteiger partial charge >= 0.3 is 6.09 Å². The number of nitrogens with one attached hydrogen (secondary N) is 3. The number of anilines is 2. The first-order valence-electron chi connectivity index (χ1n) is 11.3. The van der Waals surface area contributed by atoms with Gasteiger partial charge < -0.3 is 10.1 Å². The number of thiazole rings is 1. The van der Waals surface area contributed by atoms with Crippen molar-refractivity contribution in [1.29, 1.82) is 0 Å². The van der Waals surface area contributed by atoms with E-state index in [0.717, 1.165) is 21.1 Å². The molecule has 0 aliphatic carbocycles. The van der Waals surface area contributed by atoms with E-state index in [4.69, 9.17) is 4.74 Å². The second-order valence-electron chi connectivity index (χ2n) is 9.28. The van der Waals surface area contributed by atoms with Gasteiger partial charge in [0, 0.05) is 40.8 Å². The number of carbonyl (C=O) groups excluding carboxylic acids is 1. The average molecular weight is 517 g/mol. The van der Waals surface area contributed by atoms with Crippen LogP contribution in [0.1, 0.15) is 41.5 Å². The van der Waals surface area contributed by atoms with Crippen LogP contribution in [-0.2, 0) is 14.8 Å². The summed E-state index contributed by atoms with van der Waals surface area (Å²) in [5, 5.41) is 6.60. The Morgan fingerprint density at radius 3 is 2.34 bits per heavy atom. The SMILES string of the molecule is CCNc1ccc(-c2cnc(-c3ccc(NC(=O)OC(C)C)cc3)s2)c(S(=O)(=O)NC(C)(C)C)c1. The molecular formula is C25H32N4O4S2. The fourth-order valence-corrected chi connectivity index (χ4v) is 6.00. The van der Waals surface area contributed by atoms with Gasteiger partial charge in [-0.1, -0.05) is 6.07 Å². The normalized spacial score (nSPS) is 12.0. The second-order valence-corrected chi connectivity index (χ2v) is 12.0. The number of rotatable bonds is 8. The maximum absolute atomic E-state index is 13.3. The van der Waals surface area contributed by atoms with E-state index in [-0.39, 0.29) is 11.0 Å². The summed E-state index contributed by atoms with van der Waals surface area (Å²) in [6.07, 6.45) is 0.967. The molecule has 0 saturated heterocycles. The molecule has 1 heterocycles. The van der Waals surface area contributed by atoms with Crippen LogP contribution in [0, 0.1) is 0 Å². The molecule has 10 heteroatoms. The average Bonchev–Trinajstić information content (AvgIpc) is 3.22. The Balaban J connectivity index is 1.92. The zero-order chi connectivity index (χ0) is 25.8. The number of ether oxygens (including phenoxy) is 1. The van der Waals surface area contributed by atoms with E-state index in [1.54, 1.807) is 44.3 Å². The van der Waals surface area contributed by atoms with Gasteiger partial charge in [0.05, 0.1) is 15.9 Å². The lowest BCUT2D eigenvalue weighted by molar-refractivity contribution is 0.130. The molecule has 1 aromatic heterocycles. The van der Waals surface area contributed by atoms with Gasteiger partial charge in [0.1, 0.15) is 5.01 Å². The van der Waals surface area contributed by atoms with E-state index in [1.165, 1.54) is 11.3 Å². The molecule has 0 fully saturated rings. The van der Waals surface area contributed by atoms with Crippen molar-refractivity contribution in [2.75, 3.05) is 17.2 Å². The number of amides is 1. The first kappa shape index (κ1) is 26.7. The Morgan fingerprint density at radius 1 is 1.09 bits per heavy atom. The Morgan fingerprint density at radius 2 is 1.74 bits per heavy atom. The summed E-state index contributed by atoms with van der Waals surface area (Å²) in [5.41, 5.74) is 2.15. The highest BCUT2D eigenvalue weighted by atomic mass is 32.2. The van der Waals surface area contributed by atoms with Gasteiger partial charge in [0.15, 0.2) is 0 Å². The minimum Gasteiger partial charge on any atom is -0.447 e. The first-order valence-corrected chi connectivity index (χ1v) is 13.6. The third kappa shape index (κ3) is 7.27. The first-order chi connectivity index (χ1) is 16.4. The van der Waals surface area contributed by atoms with Crippen molar-refractivity contribution in [3.8, 4) is 21.0 Å². The molecular weight excluding hydrogens is 484 g/mol. The maximum Gasteiger partial charge on any atom is 0.411 e. The zero-order valence-electron chi connectivity index (χ0n) is 20.8. The fourth-order valence-electron chi connectivity index (χ4n) is 3.31. The molecule has 0 aliphatic heterocycles. The quantitative estimate of drug-likeness (QED) is 0.342. The summed E-state index contributed by atoms with van der Waals surface area (Å²) >= 11 is 1.40. The zero-order valence-corrected chi connectivity index (χ0v) is 22.4. The number of hydrogen-bond donors (Lipinski definition) is 3. The predicted molar refractivity (Wildman–Crippen MR) is 142 cm³/mol. The van der Waals surface area contributed by atoms with Gasteiger partial charge in [0.25, 0.3) is 0 Å². The number of benzene rings is 2. The van der Waals surface area contributed by atoms with Crippen molar-refractivity contribution in [1.82, 2.24) is 9.71 Å². The van der Waals surface area contributed by atoms with Gasteiger partial charge in [-0.3, -0.25) is 5.32 Å². The Labute approximate surface area is 211 Å². The van der Waals surface area contributed by atoms with Crippen LogP contribution in [0.25, 0.3) is 21.0 Å². The van der Waals surface area contributed by atoms with Crippen LogP contribution in [0.4, 0.5) is 16.2 Å². The molecule has 188 valence electrons. The predicted octanol–water partition coefficient (Wildman–Crippen LogP) is 5.94. The van der Waals surface area contributed by atoms with Crippen molar-refractivity contribution < 1.29 is 17.9 Å². The summed E-state index contributed by atoms with van der Waals surface area (Å²) in [6.45, 7) is 11.6.